The molecule has 0 aliphatic heterocycles. The lowest BCUT2D eigenvalue weighted by Gasteiger charge is -2.12. The molecule has 0 aliphatic rings. The van der Waals surface area contributed by atoms with Crippen molar-refractivity contribution in [2.24, 2.45) is 5.73 Å². The monoisotopic (exact) mass is 527 g/mol. The van der Waals surface area contributed by atoms with Crippen LogP contribution < -0.4 is 10.5 Å². The Kier molecular flexibility index (Phi) is 7.17. The Labute approximate surface area is 225 Å². The standard InChI is InChI=1S/C30H30FN5O3/c1-18(2)28-19(3)36(25-13-12-21(30(32)38)14-27(25)39-17-31)34-29(28)22-10-7-11-24-23(22)15-35(33-24)16-26(37)20-8-5-4-6-9-20/h4-15,18,26,37H,16-17H2,1-3H3,(H2,32,38)/t26-/m0/s1. The molecule has 9 heteroatoms. The van der Waals surface area contributed by atoms with Gasteiger partial charge >= 0.3 is 0 Å². The highest BCUT2D eigenvalue weighted by Crippen LogP contribution is 2.37. The van der Waals surface area contributed by atoms with Crippen LogP contribution in [0.3, 0.4) is 0 Å². The lowest BCUT2D eigenvalue weighted by atomic mass is 9.95. The zero-order valence-electron chi connectivity index (χ0n) is 22.0. The molecule has 2 heterocycles. The summed E-state index contributed by atoms with van der Waals surface area (Å²) in [5.41, 5.74) is 11.3. The third kappa shape index (κ3) is 5.00. The predicted octanol–water partition coefficient (Wildman–Crippen LogP) is 5.46. The molecule has 0 aliphatic carbocycles. The Hall–Kier alpha value is -4.50. The summed E-state index contributed by atoms with van der Waals surface area (Å²) < 4.78 is 22.0. The van der Waals surface area contributed by atoms with E-state index in [1.54, 1.807) is 21.5 Å². The first-order valence-electron chi connectivity index (χ1n) is 12.7. The number of aromatic nitrogens is 4. The summed E-state index contributed by atoms with van der Waals surface area (Å²) >= 11 is 0. The number of primary amides is 1. The maximum Gasteiger partial charge on any atom is 0.248 e. The minimum atomic E-state index is -1.06. The summed E-state index contributed by atoms with van der Waals surface area (Å²) in [5, 5.41) is 21.3. The van der Waals surface area contributed by atoms with Gasteiger partial charge in [-0.1, -0.05) is 56.3 Å². The molecule has 5 rings (SSSR count). The molecule has 1 atom stereocenters. The minimum Gasteiger partial charge on any atom is -0.461 e. The van der Waals surface area contributed by atoms with Crippen LogP contribution in [-0.4, -0.2) is 37.4 Å². The maximum atomic E-state index is 13.3. The number of amides is 1. The predicted molar refractivity (Wildman–Crippen MR) is 148 cm³/mol. The fraction of sp³-hybridized carbons (Fsp3) is 0.233. The van der Waals surface area contributed by atoms with Crippen LogP contribution in [0.2, 0.25) is 0 Å². The maximum absolute atomic E-state index is 13.3. The Bertz CT molecular complexity index is 1640. The van der Waals surface area contributed by atoms with Crippen molar-refractivity contribution in [3.8, 4) is 22.7 Å². The summed E-state index contributed by atoms with van der Waals surface area (Å²) in [6.45, 7) is 5.37. The van der Waals surface area contributed by atoms with Gasteiger partial charge in [0.2, 0.25) is 12.8 Å². The molecule has 2 aromatic heterocycles. The summed E-state index contributed by atoms with van der Waals surface area (Å²) in [6.07, 6.45) is 1.23. The number of rotatable bonds is 9. The van der Waals surface area contributed by atoms with Crippen LogP contribution in [0, 0.1) is 6.92 Å². The summed E-state index contributed by atoms with van der Waals surface area (Å²) in [4.78, 5) is 11.7. The number of alkyl halides is 1. The van der Waals surface area contributed by atoms with Crippen molar-refractivity contribution >= 4 is 16.8 Å². The second-order valence-corrected chi connectivity index (χ2v) is 9.73. The number of carbonyl (C=O) groups excluding carboxylic acids is 1. The normalized spacial score (nSPS) is 12.3. The van der Waals surface area contributed by atoms with Gasteiger partial charge in [-0.2, -0.15) is 10.2 Å². The Balaban J connectivity index is 1.61. The molecule has 5 aromatic rings. The SMILES string of the molecule is Cc1c(C(C)C)c(-c2cccc3nn(C[C@H](O)c4ccccc4)cc23)nn1-c1ccc(C(N)=O)cc1OCF. The number of nitrogens with zero attached hydrogens (tertiary/aromatic N) is 4. The second kappa shape index (κ2) is 10.7. The van der Waals surface area contributed by atoms with Crippen molar-refractivity contribution in [1.82, 2.24) is 19.6 Å². The van der Waals surface area contributed by atoms with Gasteiger partial charge in [0.05, 0.1) is 23.9 Å². The van der Waals surface area contributed by atoms with E-state index in [4.69, 9.17) is 20.7 Å². The number of halogens is 1. The molecule has 0 radical (unpaired) electrons. The molecule has 1 amide bonds. The first-order valence-corrected chi connectivity index (χ1v) is 12.7. The molecule has 3 N–H and O–H groups in total. The number of nitrogens with two attached hydrogens (primary N) is 1. The van der Waals surface area contributed by atoms with Gasteiger partial charge in [-0.05, 0) is 42.7 Å². The number of ether oxygens (including phenoxy) is 1. The van der Waals surface area contributed by atoms with Crippen LogP contribution in [0.25, 0.3) is 27.8 Å². The fourth-order valence-electron chi connectivity index (χ4n) is 5.01. The largest absolute Gasteiger partial charge is 0.461 e. The van der Waals surface area contributed by atoms with Gasteiger partial charge in [-0.25, -0.2) is 9.07 Å². The molecule has 0 unspecified atom stereocenters. The van der Waals surface area contributed by atoms with Crippen molar-refractivity contribution in [2.45, 2.75) is 39.3 Å². The van der Waals surface area contributed by atoms with E-state index < -0.39 is 18.9 Å². The average molecular weight is 528 g/mol. The lowest BCUT2D eigenvalue weighted by molar-refractivity contribution is 0.0999. The van der Waals surface area contributed by atoms with E-state index in [2.05, 4.69) is 13.8 Å². The molecule has 0 spiro atoms. The van der Waals surface area contributed by atoms with Gasteiger partial charge in [-0.15, -0.1) is 0 Å². The fourth-order valence-corrected chi connectivity index (χ4v) is 5.01. The molecule has 39 heavy (non-hydrogen) atoms. The van der Waals surface area contributed by atoms with Crippen LogP contribution >= 0.6 is 0 Å². The summed E-state index contributed by atoms with van der Waals surface area (Å²) in [7, 11) is 0. The van der Waals surface area contributed by atoms with E-state index in [-0.39, 0.29) is 17.2 Å². The van der Waals surface area contributed by atoms with Crippen molar-refractivity contribution < 1.29 is 19.0 Å². The molecule has 0 bridgehead atoms. The van der Waals surface area contributed by atoms with E-state index in [1.807, 2.05) is 61.7 Å². The van der Waals surface area contributed by atoms with E-state index in [0.717, 1.165) is 39.0 Å². The van der Waals surface area contributed by atoms with Crippen molar-refractivity contribution in [3.63, 3.8) is 0 Å². The van der Waals surface area contributed by atoms with Gasteiger partial charge in [0.25, 0.3) is 0 Å². The van der Waals surface area contributed by atoms with Gasteiger partial charge in [0.15, 0.2) is 0 Å². The minimum absolute atomic E-state index is 0.120. The Morgan fingerprint density at radius 3 is 2.54 bits per heavy atom. The number of benzene rings is 3. The molecule has 8 nitrogen and oxygen atoms in total. The second-order valence-electron chi connectivity index (χ2n) is 9.73. The van der Waals surface area contributed by atoms with Crippen LogP contribution in [-0.2, 0) is 6.54 Å². The molecular formula is C30H30FN5O3. The first-order chi connectivity index (χ1) is 18.8. The van der Waals surface area contributed by atoms with Gasteiger partial charge in [0, 0.05) is 34.0 Å². The van der Waals surface area contributed by atoms with E-state index in [0.29, 0.717) is 12.2 Å². The molecule has 0 fully saturated rings. The highest BCUT2D eigenvalue weighted by molar-refractivity contribution is 5.95. The number of hydrogen-bond acceptors (Lipinski definition) is 5. The molecular weight excluding hydrogens is 497 g/mol. The smallest absolute Gasteiger partial charge is 0.248 e. The van der Waals surface area contributed by atoms with Gasteiger partial charge in [-0.3, -0.25) is 9.48 Å². The van der Waals surface area contributed by atoms with Gasteiger partial charge < -0.3 is 15.6 Å². The zero-order chi connectivity index (χ0) is 27.7. The van der Waals surface area contributed by atoms with Crippen molar-refractivity contribution in [2.75, 3.05) is 6.86 Å². The quantitative estimate of drug-likeness (QED) is 0.265. The van der Waals surface area contributed by atoms with E-state index in [1.165, 1.54) is 6.07 Å². The first kappa shape index (κ1) is 26.1. The van der Waals surface area contributed by atoms with Crippen LogP contribution in [0.5, 0.6) is 5.75 Å². The van der Waals surface area contributed by atoms with Crippen LogP contribution in [0.1, 0.15) is 53.0 Å². The molecule has 200 valence electrons. The number of aliphatic hydroxyl groups excluding tert-OH is 1. The highest BCUT2D eigenvalue weighted by atomic mass is 19.1. The van der Waals surface area contributed by atoms with E-state index in [9.17, 15) is 14.3 Å². The van der Waals surface area contributed by atoms with E-state index >= 15 is 0 Å². The average Bonchev–Trinajstić information content (AvgIpc) is 3.49. The third-order valence-corrected chi connectivity index (χ3v) is 6.82. The number of carbonyl (C=O) groups is 1. The molecule has 0 saturated carbocycles. The van der Waals surface area contributed by atoms with Gasteiger partial charge in [0.1, 0.15) is 11.4 Å². The number of aliphatic hydroxyl groups is 1. The summed E-state index contributed by atoms with van der Waals surface area (Å²) in [6, 6.07) is 20.0. The summed E-state index contributed by atoms with van der Waals surface area (Å²) in [5.74, 6) is -0.344. The Morgan fingerprint density at radius 1 is 1.08 bits per heavy atom. The van der Waals surface area contributed by atoms with Crippen LogP contribution in [0.4, 0.5) is 4.39 Å². The highest BCUT2D eigenvalue weighted by Gasteiger charge is 2.24. The topological polar surface area (TPSA) is 108 Å². The molecule has 3 aromatic carbocycles. The number of hydrogen-bond donors (Lipinski definition) is 2. The third-order valence-electron chi connectivity index (χ3n) is 6.82. The zero-order valence-corrected chi connectivity index (χ0v) is 22.0. The van der Waals surface area contributed by atoms with Crippen molar-refractivity contribution in [3.05, 3.63) is 95.3 Å². The lowest BCUT2D eigenvalue weighted by Crippen LogP contribution is -2.12. The Morgan fingerprint density at radius 2 is 1.85 bits per heavy atom. The van der Waals surface area contributed by atoms with Crippen LogP contribution in [0.15, 0.2) is 72.9 Å². The number of fused-ring (bicyclic) bond motifs is 1. The van der Waals surface area contributed by atoms with Crippen molar-refractivity contribution in [1.29, 1.82) is 0 Å². The molecule has 0 saturated heterocycles.